The Labute approximate surface area is 155 Å². The number of nitrogens with one attached hydrogen (secondary N) is 2. The lowest BCUT2D eigenvalue weighted by Crippen LogP contribution is -2.31. The van der Waals surface area contributed by atoms with Crippen LogP contribution in [0.3, 0.4) is 0 Å². The van der Waals surface area contributed by atoms with E-state index in [2.05, 4.69) is 10.6 Å². The summed E-state index contributed by atoms with van der Waals surface area (Å²) in [7, 11) is 0. The van der Waals surface area contributed by atoms with Gasteiger partial charge in [0.15, 0.2) is 6.61 Å². The Hall–Kier alpha value is -2.44. The molecule has 4 N–H and O–H groups in total. The second-order valence-electron chi connectivity index (χ2n) is 5.26. The third kappa shape index (κ3) is 5.85. The molecule has 2 aromatic carbocycles. The molecule has 0 aliphatic carbocycles. The van der Waals surface area contributed by atoms with Crippen LogP contribution in [0.15, 0.2) is 42.5 Å². The first-order valence-corrected chi connectivity index (χ1v) is 8.14. The first-order valence-electron chi connectivity index (χ1n) is 7.39. The highest BCUT2D eigenvalue weighted by Gasteiger charge is 2.14. The molecule has 25 heavy (non-hydrogen) atoms. The summed E-state index contributed by atoms with van der Waals surface area (Å²) >= 11 is 11.9. The normalized spacial score (nSPS) is 11.5. The lowest BCUT2D eigenvalue weighted by molar-refractivity contribution is -0.120. The number of rotatable bonds is 7. The van der Waals surface area contributed by atoms with Crippen molar-refractivity contribution in [2.45, 2.75) is 13.0 Å². The van der Waals surface area contributed by atoms with Gasteiger partial charge in [-0.25, -0.2) is 0 Å². The van der Waals surface area contributed by atoms with Crippen molar-refractivity contribution in [3.63, 3.8) is 0 Å². The quantitative estimate of drug-likeness (QED) is 0.685. The van der Waals surface area contributed by atoms with Crippen molar-refractivity contribution in [3.05, 3.63) is 52.5 Å². The number of carbonyl (C=O) groups excluding carboxylic acids is 2. The van der Waals surface area contributed by atoms with Gasteiger partial charge in [-0.15, -0.1) is 0 Å². The molecule has 0 aliphatic heterocycles. The molecule has 0 bridgehead atoms. The average molecular weight is 382 g/mol. The van der Waals surface area contributed by atoms with Crippen molar-refractivity contribution in [2.24, 2.45) is 5.73 Å². The number of hydrogen-bond donors (Lipinski definition) is 3. The number of hydrogen-bond acceptors (Lipinski definition) is 4. The van der Waals surface area contributed by atoms with Crippen molar-refractivity contribution in [1.82, 2.24) is 0 Å². The molecule has 1 atom stereocenters. The second-order valence-corrected chi connectivity index (χ2v) is 6.10. The number of benzene rings is 2. The molecular formula is C17H17Cl2N3O3. The molecule has 2 aromatic rings. The number of carbonyl (C=O) groups is 2. The minimum absolute atomic E-state index is 0.187. The average Bonchev–Trinajstić information content (AvgIpc) is 2.56. The van der Waals surface area contributed by atoms with E-state index in [9.17, 15) is 9.59 Å². The van der Waals surface area contributed by atoms with Gasteiger partial charge in [0.05, 0.1) is 10.7 Å². The van der Waals surface area contributed by atoms with Crippen LogP contribution in [0.2, 0.25) is 10.0 Å². The van der Waals surface area contributed by atoms with E-state index >= 15 is 0 Å². The van der Waals surface area contributed by atoms with Crippen LogP contribution in [0.5, 0.6) is 5.75 Å². The van der Waals surface area contributed by atoms with Crippen molar-refractivity contribution >= 4 is 46.4 Å². The standard InChI is InChI=1S/C17H17Cl2N3O3/c1-10(17(24)22-15-7-2-11(18)8-14(15)19)21-12-3-5-13(6-4-12)25-9-16(20)23/h2-8,10,21H,9H2,1H3,(H2,20,23)(H,22,24). The van der Waals surface area contributed by atoms with Crippen molar-refractivity contribution in [3.8, 4) is 5.75 Å². The summed E-state index contributed by atoms with van der Waals surface area (Å²) in [4.78, 5) is 22.9. The van der Waals surface area contributed by atoms with Crippen molar-refractivity contribution in [2.75, 3.05) is 17.2 Å². The van der Waals surface area contributed by atoms with Crippen LogP contribution >= 0.6 is 23.2 Å². The summed E-state index contributed by atoms with van der Waals surface area (Å²) in [5.74, 6) is -0.291. The van der Waals surface area contributed by atoms with Crippen LogP contribution in [0.25, 0.3) is 0 Å². The van der Waals surface area contributed by atoms with E-state index in [1.807, 2.05) is 0 Å². The third-order valence-electron chi connectivity index (χ3n) is 3.20. The number of anilines is 2. The number of nitrogens with two attached hydrogens (primary N) is 1. The van der Waals surface area contributed by atoms with Crippen molar-refractivity contribution in [1.29, 1.82) is 0 Å². The van der Waals surface area contributed by atoms with Gasteiger partial charge in [0.25, 0.3) is 5.91 Å². The van der Waals surface area contributed by atoms with Gasteiger partial charge in [-0.2, -0.15) is 0 Å². The predicted octanol–water partition coefficient (Wildman–Crippen LogP) is 3.30. The zero-order chi connectivity index (χ0) is 18.4. The van der Waals surface area contributed by atoms with Crippen LogP contribution in [0, 0.1) is 0 Å². The van der Waals surface area contributed by atoms with E-state index in [0.29, 0.717) is 21.5 Å². The smallest absolute Gasteiger partial charge is 0.255 e. The van der Waals surface area contributed by atoms with E-state index in [0.717, 1.165) is 5.69 Å². The van der Waals surface area contributed by atoms with E-state index < -0.39 is 11.9 Å². The molecule has 8 heteroatoms. The molecular weight excluding hydrogens is 365 g/mol. The SMILES string of the molecule is CC(Nc1ccc(OCC(N)=O)cc1)C(=O)Nc1ccc(Cl)cc1Cl. The minimum Gasteiger partial charge on any atom is -0.484 e. The maximum absolute atomic E-state index is 12.3. The molecule has 0 aromatic heterocycles. The number of amides is 2. The Bertz CT molecular complexity index is 766. The largest absolute Gasteiger partial charge is 0.484 e. The molecule has 0 saturated carbocycles. The Morgan fingerprint density at radius 3 is 2.44 bits per heavy atom. The Morgan fingerprint density at radius 2 is 1.84 bits per heavy atom. The highest BCUT2D eigenvalue weighted by Crippen LogP contribution is 2.25. The number of ether oxygens (including phenoxy) is 1. The molecule has 0 spiro atoms. The topological polar surface area (TPSA) is 93.4 Å². The van der Waals surface area contributed by atoms with Gasteiger partial charge in [-0.3, -0.25) is 9.59 Å². The molecule has 0 saturated heterocycles. The van der Waals surface area contributed by atoms with Crippen molar-refractivity contribution < 1.29 is 14.3 Å². The van der Waals surface area contributed by atoms with E-state index in [1.54, 1.807) is 49.4 Å². The predicted molar refractivity (Wildman–Crippen MR) is 99.3 cm³/mol. The molecule has 0 heterocycles. The van der Waals surface area contributed by atoms with E-state index in [-0.39, 0.29) is 12.5 Å². The molecule has 1 unspecified atom stereocenters. The molecule has 0 radical (unpaired) electrons. The van der Waals surface area contributed by atoms with Gasteiger partial charge >= 0.3 is 0 Å². The summed E-state index contributed by atoms with van der Waals surface area (Å²) in [6, 6.07) is 11.1. The van der Waals surface area contributed by atoms with Gasteiger partial charge in [0.1, 0.15) is 11.8 Å². The molecule has 6 nitrogen and oxygen atoms in total. The van der Waals surface area contributed by atoms with Crippen LogP contribution in [-0.4, -0.2) is 24.5 Å². The summed E-state index contributed by atoms with van der Waals surface area (Å²) in [5, 5.41) is 6.65. The maximum Gasteiger partial charge on any atom is 0.255 e. The molecule has 132 valence electrons. The Balaban J connectivity index is 1.93. The zero-order valence-electron chi connectivity index (χ0n) is 13.4. The lowest BCUT2D eigenvalue weighted by Gasteiger charge is -2.16. The second kappa shape index (κ2) is 8.60. The van der Waals surface area contributed by atoms with Crippen LogP contribution < -0.4 is 21.1 Å². The molecule has 2 amide bonds. The number of primary amides is 1. The number of halogens is 2. The summed E-state index contributed by atoms with van der Waals surface area (Å²) in [6.07, 6.45) is 0. The Morgan fingerprint density at radius 1 is 1.16 bits per heavy atom. The molecule has 0 fully saturated rings. The zero-order valence-corrected chi connectivity index (χ0v) is 14.9. The first-order chi connectivity index (χ1) is 11.8. The van der Waals surface area contributed by atoms with Gasteiger partial charge < -0.3 is 21.1 Å². The maximum atomic E-state index is 12.3. The molecule has 0 aliphatic rings. The van der Waals surface area contributed by atoms with Gasteiger partial charge in [0, 0.05) is 10.7 Å². The van der Waals surface area contributed by atoms with Gasteiger partial charge in [-0.05, 0) is 49.4 Å². The lowest BCUT2D eigenvalue weighted by atomic mass is 10.2. The fourth-order valence-corrected chi connectivity index (χ4v) is 2.40. The summed E-state index contributed by atoms with van der Waals surface area (Å²) in [5.41, 5.74) is 6.22. The highest BCUT2D eigenvalue weighted by atomic mass is 35.5. The minimum atomic E-state index is -0.548. The monoisotopic (exact) mass is 381 g/mol. The molecule has 2 rings (SSSR count). The van der Waals surface area contributed by atoms with E-state index in [4.69, 9.17) is 33.7 Å². The Kier molecular flexibility index (Phi) is 6.50. The summed E-state index contributed by atoms with van der Waals surface area (Å²) in [6.45, 7) is 1.53. The van der Waals surface area contributed by atoms with Gasteiger partial charge in [0.2, 0.25) is 5.91 Å². The van der Waals surface area contributed by atoms with Crippen LogP contribution in [-0.2, 0) is 9.59 Å². The fourth-order valence-electron chi connectivity index (χ4n) is 1.95. The summed E-state index contributed by atoms with van der Waals surface area (Å²) < 4.78 is 5.17. The third-order valence-corrected chi connectivity index (χ3v) is 3.75. The van der Waals surface area contributed by atoms with Gasteiger partial charge in [-0.1, -0.05) is 23.2 Å². The highest BCUT2D eigenvalue weighted by molar-refractivity contribution is 6.36. The van der Waals surface area contributed by atoms with Crippen LogP contribution in [0.4, 0.5) is 11.4 Å². The van der Waals surface area contributed by atoms with E-state index in [1.165, 1.54) is 0 Å². The first kappa shape index (κ1) is 18.9. The fraction of sp³-hybridized carbons (Fsp3) is 0.176. The van der Waals surface area contributed by atoms with Crippen LogP contribution in [0.1, 0.15) is 6.92 Å².